The number of rotatable bonds is 3. The summed E-state index contributed by atoms with van der Waals surface area (Å²) in [6.45, 7) is 1.69. The van der Waals surface area contributed by atoms with E-state index in [1.807, 2.05) is 0 Å². The third-order valence-electron chi connectivity index (χ3n) is 4.66. The van der Waals surface area contributed by atoms with Crippen molar-refractivity contribution in [2.24, 2.45) is 0 Å². The molecule has 136 valence electrons. The minimum absolute atomic E-state index is 0.192. The van der Waals surface area contributed by atoms with Gasteiger partial charge in [0.15, 0.2) is 11.6 Å². The van der Waals surface area contributed by atoms with Crippen molar-refractivity contribution in [3.8, 4) is 11.1 Å². The Morgan fingerprint density at radius 2 is 1.81 bits per heavy atom. The van der Waals surface area contributed by atoms with E-state index in [0.29, 0.717) is 22.2 Å². The van der Waals surface area contributed by atoms with Crippen molar-refractivity contribution in [3.63, 3.8) is 0 Å². The average molecular weight is 363 g/mol. The van der Waals surface area contributed by atoms with Crippen molar-refractivity contribution in [2.45, 2.75) is 25.1 Å². The molecule has 2 heterocycles. The van der Waals surface area contributed by atoms with Gasteiger partial charge in [-0.3, -0.25) is 0 Å². The highest BCUT2D eigenvalue weighted by Crippen LogP contribution is 2.40. The SMILES string of the molecule is OC(c1ccccc1-c1cc(N2CCCC2)c2nonc2c1)C(F)(F)F. The average Bonchev–Trinajstić information content (AvgIpc) is 3.31. The van der Waals surface area contributed by atoms with Crippen molar-refractivity contribution in [1.29, 1.82) is 0 Å². The van der Waals surface area contributed by atoms with E-state index >= 15 is 0 Å². The molecule has 0 spiro atoms. The summed E-state index contributed by atoms with van der Waals surface area (Å²) in [5.74, 6) is 0. The maximum atomic E-state index is 13.1. The number of nitrogens with zero attached hydrogens (tertiary/aromatic N) is 3. The van der Waals surface area contributed by atoms with Gasteiger partial charge in [-0.25, -0.2) is 4.63 Å². The van der Waals surface area contributed by atoms with Crippen LogP contribution in [0.2, 0.25) is 0 Å². The van der Waals surface area contributed by atoms with Gasteiger partial charge in [-0.05, 0) is 52.0 Å². The van der Waals surface area contributed by atoms with E-state index < -0.39 is 12.3 Å². The lowest BCUT2D eigenvalue weighted by Gasteiger charge is -2.21. The highest BCUT2D eigenvalue weighted by Gasteiger charge is 2.40. The zero-order chi connectivity index (χ0) is 18.3. The Morgan fingerprint density at radius 3 is 2.54 bits per heavy atom. The monoisotopic (exact) mass is 363 g/mol. The predicted octanol–water partition coefficient (Wildman–Crippen LogP) is 4.09. The van der Waals surface area contributed by atoms with Crippen molar-refractivity contribution in [1.82, 2.24) is 10.3 Å². The van der Waals surface area contributed by atoms with Gasteiger partial charge in [0, 0.05) is 13.1 Å². The highest BCUT2D eigenvalue weighted by molar-refractivity contribution is 5.93. The Morgan fingerprint density at radius 1 is 1.08 bits per heavy atom. The van der Waals surface area contributed by atoms with Crippen LogP contribution in [0.15, 0.2) is 41.0 Å². The van der Waals surface area contributed by atoms with Crippen LogP contribution in [0.4, 0.5) is 18.9 Å². The van der Waals surface area contributed by atoms with Crippen LogP contribution in [0.5, 0.6) is 0 Å². The molecule has 0 aliphatic carbocycles. The van der Waals surface area contributed by atoms with Crippen LogP contribution in [-0.2, 0) is 0 Å². The van der Waals surface area contributed by atoms with Gasteiger partial charge in [0.1, 0.15) is 5.52 Å². The van der Waals surface area contributed by atoms with E-state index in [1.165, 1.54) is 12.1 Å². The van der Waals surface area contributed by atoms with E-state index in [-0.39, 0.29) is 5.56 Å². The standard InChI is InChI=1S/C18H16F3N3O2/c19-18(20,21)17(25)13-6-2-1-5-12(13)11-9-14-16(23-26-22-14)15(10-11)24-7-3-4-8-24/h1-2,5-6,9-10,17,25H,3-4,7-8H2. The summed E-state index contributed by atoms with van der Waals surface area (Å²) in [6.07, 6.45) is -5.21. The number of alkyl halides is 3. The van der Waals surface area contributed by atoms with Crippen molar-refractivity contribution in [3.05, 3.63) is 42.0 Å². The Kier molecular flexibility index (Phi) is 4.07. The summed E-state index contributed by atoms with van der Waals surface area (Å²) >= 11 is 0. The quantitative estimate of drug-likeness (QED) is 0.760. The molecule has 26 heavy (non-hydrogen) atoms. The molecule has 1 unspecified atom stereocenters. The van der Waals surface area contributed by atoms with Gasteiger partial charge in [0.2, 0.25) is 0 Å². The molecule has 5 nitrogen and oxygen atoms in total. The Bertz CT molecular complexity index is 933. The molecule has 1 atom stereocenters. The first-order valence-corrected chi connectivity index (χ1v) is 8.30. The number of fused-ring (bicyclic) bond motifs is 1. The summed E-state index contributed by atoms with van der Waals surface area (Å²) in [4.78, 5) is 2.12. The van der Waals surface area contributed by atoms with Gasteiger partial charge < -0.3 is 10.0 Å². The zero-order valence-electron chi connectivity index (χ0n) is 13.7. The minimum atomic E-state index is -4.74. The molecule has 2 aromatic carbocycles. The smallest absolute Gasteiger partial charge is 0.379 e. The molecule has 1 fully saturated rings. The van der Waals surface area contributed by atoms with Gasteiger partial charge >= 0.3 is 6.18 Å². The number of aliphatic hydroxyl groups is 1. The molecule has 1 aromatic heterocycles. The number of anilines is 1. The lowest BCUT2D eigenvalue weighted by molar-refractivity contribution is -0.206. The number of hydrogen-bond donors (Lipinski definition) is 1. The second-order valence-electron chi connectivity index (χ2n) is 6.35. The van der Waals surface area contributed by atoms with Crippen LogP contribution in [0.25, 0.3) is 22.2 Å². The molecule has 8 heteroatoms. The maximum absolute atomic E-state index is 13.1. The molecule has 0 amide bonds. The van der Waals surface area contributed by atoms with Crippen LogP contribution >= 0.6 is 0 Å². The molecule has 3 aromatic rings. The summed E-state index contributed by atoms with van der Waals surface area (Å²) in [5.41, 5.74) is 2.50. The zero-order valence-corrected chi connectivity index (χ0v) is 13.7. The van der Waals surface area contributed by atoms with E-state index in [0.717, 1.165) is 31.6 Å². The number of aliphatic hydroxyl groups excluding tert-OH is 1. The fourth-order valence-corrected chi connectivity index (χ4v) is 3.40. The second kappa shape index (κ2) is 6.28. The normalized spacial score (nSPS) is 16.4. The summed E-state index contributed by atoms with van der Waals surface area (Å²) in [7, 11) is 0. The summed E-state index contributed by atoms with van der Waals surface area (Å²) < 4.78 is 44.0. The van der Waals surface area contributed by atoms with Gasteiger partial charge in [-0.15, -0.1) is 0 Å². The van der Waals surface area contributed by atoms with E-state index in [9.17, 15) is 18.3 Å². The fourth-order valence-electron chi connectivity index (χ4n) is 3.40. The van der Waals surface area contributed by atoms with E-state index in [1.54, 1.807) is 24.3 Å². The molecular formula is C18H16F3N3O2. The van der Waals surface area contributed by atoms with Crippen molar-refractivity contribution in [2.75, 3.05) is 18.0 Å². The van der Waals surface area contributed by atoms with Crippen LogP contribution in [0.1, 0.15) is 24.5 Å². The molecule has 0 radical (unpaired) electrons. The van der Waals surface area contributed by atoms with Crippen LogP contribution < -0.4 is 4.90 Å². The molecule has 1 aliphatic rings. The number of aromatic nitrogens is 2. The van der Waals surface area contributed by atoms with Crippen LogP contribution in [-0.4, -0.2) is 34.7 Å². The van der Waals surface area contributed by atoms with Gasteiger partial charge in [0.05, 0.1) is 5.69 Å². The lowest BCUT2D eigenvalue weighted by atomic mass is 9.95. The largest absolute Gasteiger partial charge is 0.418 e. The molecule has 1 saturated heterocycles. The topological polar surface area (TPSA) is 62.4 Å². The Labute approximate surface area is 147 Å². The second-order valence-corrected chi connectivity index (χ2v) is 6.35. The first-order valence-electron chi connectivity index (χ1n) is 8.30. The maximum Gasteiger partial charge on any atom is 0.418 e. The first-order chi connectivity index (χ1) is 12.4. The third-order valence-corrected chi connectivity index (χ3v) is 4.66. The summed E-state index contributed by atoms with van der Waals surface area (Å²) in [5, 5.41) is 17.6. The van der Waals surface area contributed by atoms with E-state index in [4.69, 9.17) is 4.63 Å². The Balaban J connectivity index is 1.88. The molecule has 4 rings (SSSR count). The first kappa shape index (κ1) is 16.8. The van der Waals surface area contributed by atoms with Crippen molar-refractivity contribution >= 4 is 16.7 Å². The minimum Gasteiger partial charge on any atom is -0.379 e. The molecule has 1 N–H and O–H groups in total. The van der Waals surface area contributed by atoms with Gasteiger partial charge in [-0.1, -0.05) is 24.3 Å². The van der Waals surface area contributed by atoms with Crippen molar-refractivity contribution < 1.29 is 22.9 Å². The number of halogens is 3. The summed E-state index contributed by atoms with van der Waals surface area (Å²) in [6, 6.07) is 9.39. The molecule has 1 aliphatic heterocycles. The molecular weight excluding hydrogens is 347 g/mol. The fraction of sp³-hybridized carbons (Fsp3) is 0.333. The Hall–Kier alpha value is -2.61. The van der Waals surface area contributed by atoms with Gasteiger partial charge in [-0.2, -0.15) is 13.2 Å². The number of benzene rings is 2. The molecule has 0 saturated carbocycles. The lowest BCUT2D eigenvalue weighted by Crippen LogP contribution is -2.21. The molecule has 0 bridgehead atoms. The third kappa shape index (κ3) is 2.90. The number of hydrogen-bond acceptors (Lipinski definition) is 5. The van der Waals surface area contributed by atoms with E-state index in [2.05, 4.69) is 15.2 Å². The highest BCUT2D eigenvalue weighted by atomic mass is 19.4. The van der Waals surface area contributed by atoms with Crippen LogP contribution in [0.3, 0.4) is 0 Å². The van der Waals surface area contributed by atoms with Crippen LogP contribution in [0, 0.1) is 0 Å². The van der Waals surface area contributed by atoms with Gasteiger partial charge in [0.25, 0.3) is 0 Å². The predicted molar refractivity (Wildman–Crippen MR) is 89.7 cm³/mol.